The van der Waals surface area contributed by atoms with Crippen LogP contribution in [0.5, 0.6) is 0 Å². The van der Waals surface area contributed by atoms with Crippen LogP contribution in [0.1, 0.15) is 52.7 Å². The molecule has 1 amide bonds. The van der Waals surface area contributed by atoms with Gasteiger partial charge in [0.05, 0.1) is 19.0 Å². The average molecular weight is 432 g/mol. The van der Waals surface area contributed by atoms with Crippen LogP contribution in [-0.4, -0.2) is 36.5 Å². The Morgan fingerprint density at radius 1 is 1.16 bits per heavy atom. The SMILES string of the molecule is CCOC(=O)C(Cc1ccc(-c2ccco2)c(CNC(=O)OC(C)(C)C)c1)OC(C)C. The molecule has 0 fully saturated rings. The predicted molar refractivity (Wildman–Crippen MR) is 118 cm³/mol. The van der Waals surface area contributed by atoms with Gasteiger partial charge < -0.3 is 23.9 Å². The zero-order chi connectivity index (χ0) is 23.0. The molecule has 31 heavy (non-hydrogen) atoms. The van der Waals surface area contributed by atoms with Crippen LogP contribution in [0, 0.1) is 0 Å². The number of furan rings is 1. The number of hydrogen-bond acceptors (Lipinski definition) is 6. The van der Waals surface area contributed by atoms with Gasteiger partial charge in [0.2, 0.25) is 0 Å². The number of esters is 1. The molecule has 170 valence electrons. The lowest BCUT2D eigenvalue weighted by Crippen LogP contribution is -2.32. The Kier molecular flexibility index (Phi) is 8.68. The Bertz CT molecular complexity index is 851. The highest BCUT2D eigenvalue weighted by Gasteiger charge is 2.23. The molecule has 0 saturated carbocycles. The highest BCUT2D eigenvalue weighted by Crippen LogP contribution is 2.26. The Hall–Kier alpha value is -2.80. The molecular formula is C24H33NO6. The molecule has 1 N–H and O–H groups in total. The molecule has 0 aliphatic heterocycles. The molecule has 0 aliphatic rings. The van der Waals surface area contributed by atoms with Crippen LogP contribution in [0.15, 0.2) is 41.0 Å². The second kappa shape index (κ2) is 11.0. The summed E-state index contributed by atoms with van der Waals surface area (Å²) >= 11 is 0. The Balaban J connectivity index is 2.26. The lowest BCUT2D eigenvalue weighted by molar-refractivity contribution is -0.159. The third-order valence-electron chi connectivity index (χ3n) is 4.19. The molecule has 1 aromatic heterocycles. The van der Waals surface area contributed by atoms with Crippen LogP contribution < -0.4 is 5.32 Å². The summed E-state index contributed by atoms with van der Waals surface area (Å²) in [6.45, 7) is 11.5. The second-order valence-corrected chi connectivity index (χ2v) is 8.45. The minimum absolute atomic E-state index is 0.120. The fourth-order valence-electron chi connectivity index (χ4n) is 3.04. The van der Waals surface area contributed by atoms with Gasteiger partial charge in [0.1, 0.15) is 11.4 Å². The van der Waals surface area contributed by atoms with Gasteiger partial charge in [-0.05, 0) is 64.8 Å². The fourth-order valence-corrected chi connectivity index (χ4v) is 3.04. The van der Waals surface area contributed by atoms with Gasteiger partial charge in [-0.25, -0.2) is 9.59 Å². The van der Waals surface area contributed by atoms with E-state index in [0.717, 1.165) is 16.7 Å². The highest BCUT2D eigenvalue weighted by atomic mass is 16.6. The molecule has 0 aliphatic carbocycles. The smallest absolute Gasteiger partial charge is 0.407 e. The van der Waals surface area contributed by atoms with E-state index in [4.69, 9.17) is 18.6 Å². The van der Waals surface area contributed by atoms with Crippen molar-refractivity contribution < 1.29 is 28.2 Å². The van der Waals surface area contributed by atoms with Gasteiger partial charge in [0, 0.05) is 18.5 Å². The van der Waals surface area contributed by atoms with Crippen molar-refractivity contribution in [1.82, 2.24) is 5.32 Å². The van der Waals surface area contributed by atoms with Crippen molar-refractivity contribution in [2.24, 2.45) is 0 Å². The Morgan fingerprint density at radius 2 is 1.90 bits per heavy atom. The third kappa shape index (κ3) is 8.09. The van der Waals surface area contributed by atoms with Gasteiger partial charge in [0.25, 0.3) is 0 Å². The quantitative estimate of drug-likeness (QED) is 0.570. The fraction of sp³-hybridized carbons (Fsp3) is 0.500. The summed E-state index contributed by atoms with van der Waals surface area (Å²) in [5.74, 6) is 0.299. The van der Waals surface area contributed by atoms with E-state index in [-0.39, 0.29) is 18.6 Å². The maximum absolute atomic E-state index is 12.3. The monoisotopic (exact) mass is 431 g/mol. The number of carbonyl (C=O) groups excluding carboxylic acids is 2. The van der Waals surface area contributed by atoms with E-state index in [0.29, 0.717) is 18.8 Å². The zero-order valence-corrected chi connectivity index (χ0v) is 19.2. The molecule has 1 aromatic carbocycles. The molecule has 2 aromatic rings. The summed E-state index contributed by atoms with van der Waals surface area (Å²) in [6.07, 6.45) is 0.623. The van der Waals surface area contributed by atoms with E-state index in [1.165, 1.54) is 0 Å². The molecule has 1 atom stereocenters. The first-order chi connectivity index (χ1) is 14.6. The van der Waals surface area contributed by atoms with Crippen molar-refractivity contribution in [2.75, 3.05) is 6.61 Å². The van der Waals surface area contributed by atoms with Crippen LogP contribution in [0.3, 0.4) is 0 Å². The van der Waals surface area contributed by atoms with Crippen molar-refractivity contribution >= 4 is 12.1 Å². The van der Waals surface area contributed by atoms with Gasteiger partial charge in [-0.1, -0.05) is 18.2 Å². The van der Waals surface area contributed by atoms with Crippen molar-refractivity contribution in [2.45, 2.75) is 72.3 Å². The van der Waals surface area contributed by atoms with Gasteiger partial charge >= 0.3 is 12.1 Å². The van der Waals surface area contributed by atoms with E-state index in [1.54, 1.807) is 13.2 Å². The van der Waals surface area contributed by atoms with Crippen LogP contribution in [0.25, 0.3) is 11.3 Å². The molecule has 0 radical (unpaired) electrons. The van der Waals surface area contributed by atoms with Gasteiger partial charge in [-0.3, -0.25) is 0 Å². The molecule has 7 heteroatoms. The summed E-state index contributed by atoms with van der Waals surface area (Å²) in [7, 11) is 0. The number of carbonyl (C=O) groups is 2. The van der Waals surface area contributed by atoms with E-state index in [9.17, 15) is 9.59 Å². The summed E-state index contributed by atoms with van der Waals surface area (Å²) in [4.78, 5) is 24.5. The molecular weight excluding hydrogens is 398 g/mol. The molecule has 0 saturated heterocycles. The minimum atomic E-state index is -0.707. The van der Waals surface area contributed by atoms with Crippen molar-refractivity contribution in [3.8, 4) is 11.3 Å². The maximum atomic E-state index is 12.3. The summed E-state index contributed by atoms with van der Waals surface area (Å²) in [5.41, 5.74) is 1.99. The van der Waals surface area contributed by atoms with Crippen molar-refractivity contribution in [1.29, 1.82) is 0 Å². The van der Waals surface area contributed by atoms with E-state index < -0.39 is 17.8 Å². The van der Waals surface area contributed by atoms with Gasteiger partial charge in [-0.2, -0.15) is 0 Å². The molecule has 2 rings (SSSR count). The standard InChI is InChI=1S/C24H33NO6/c1-7-28-22(26)21(30-16(2)3)14-17-10-11-19(20-9-8-12-29-20)18(13-17)15-25-23(27)31-24(4,5)6/h8-13,16,21H,7,14-15H2,1-6H3,(H,25,27). The van der Waals surface area contributed by atoms with Gasteiger partial charge in [-0.15, -0.1) is 0 Å². The number of rotatable bonds is 9. The number of benzene rings is 1. The largest absolute Gasteiger partial charge is 0.464 e. The topological polar surface area (TPSA) is 87.0 Å². The summed E-state index contributed by atoms with van der Waals surface area (Å²) in [6, 6.07) is 9.44. The minimum Gasteiger partial charge on any atom is -0.464 e. The normalized spacial score (nSPS) is 12.5. The van der Waals surface area contributed by atoms with Crippen molar-refractivity contribution in [3.63, 3.8) is 0 Å². The highest BCUT2D eigenvalue weighted by molar-refractivity contribution is 5.75. The summed E-state index contributed by atoms with van der Waals surface area (Å²) < 4.78 is 21.8. The van der Waals surface area contributed by atoms with E-state index in [1.807, 2.05) is 65.0 Å². The third-order valence-corrected chi connectivity index (χ3v) is 4.19. The van der Waals surface area contributed by atoms with Crippen LogP contribution in [0.2, 0.25) is 0 Å². The zero-order valence-electron chi connectivity index (χ0n) is 19.2. The first-order valence-corrected chi connectivity index (χ1v) is 10.5. The number of ether oxygens (including phenoxy) is 3. The Labute approximate surface area is 184 Å². The van der Waals surface area contributed by atoms with E-state index >= 15 is 0 Å². The van der Waals surface area contributed by atoms with E-state index in [2.05, 4.69) is 5.32 Å². The van der Waals surface area contributed by atoms with Crippen LogP contribution >= 0.6 is 0 Å². The van der Waals surface area contributed by atoms with Gasteiger partial charge in [0.15, 0.2) is 6.10 Å². The first kappa shape index (κ1) is 24.5. The first-order valence-electron chi connectivity index (χ1n) is 10.5. The maximum Gasteiger partial charge on any atom is 0.407 e. The Morgan fingerprint density at radius 3 is 2.48 bits per heavy atom. The lowest BCUT2D eigenvalue weighted by atomic mass is 9.98. The number of nitrogens with one attached hydrogen (secondary N) is 1. The molecule has 1 unspecified atom stereocenters. The van der Waals surface area contributed by atoms with Crippen LogP contribution in [0.4, 0.5) is 4.79 Å². The second-order valence-electron chi connectivity index (χ2n) is 8.45. The summed E-state index contributed by atoms with van der Waals surface area (Å²) in [5, 5.41) is 2.79. The molecule has 0 spiro atoms. The molecule has 0 bridgehead atoms. The van der Waals surface area contributed by atoms with Crippen molar-refractivity contribution in [3.05, 3.63) is 47.7 Å². The lowest BCUT2D eigenvalue weighted by Gasteiger charge is -2.21. The number of alkyl carbamates (subject to hydrolysis) is 1. The predicted octanol–water partition coefficient (Wildman–Crippen LogP) is 4.87. The van der Waals surface area contributed by atoms with Crippen LogP contribution in [-0.2, 0) is 32.0 Å². The number of hydrogen-bond donors (Lipinski definition) is 1. The molecule has 7 nitrogen and oxygen atoms in total. The average Bonchev–Trinajstić information content (AvgIpc) is 3.19. The molecule has 1 heterocycles. The number of amides is 1.